The van der Waals surface area contributed by atoms with Crippen LogP contribution < -0.4 is 5.32 Å². The lowest BCUT2D eigenvalue weighted by atomic mass is 9.87. The lowest BCUT2D eigenvalue weighted by Gasteiger charge is -2.30. The van der Waals surface area contributed by atoms with E-state index in [1.807, 2.05) is 27.7 Å². The normalized spacial score (nSPS) is 17.6. The zero-order valence-corrected chi connectivity index (χ0v) is 16.6. The van der Waals surface area contributed by atoms with E-state index in [1.54, 1.807) is 0 Å². The van der Waals surface area contributed by atoms with Gasteiger partial charge in [0.2, 0.25) is 6.41 Å². The highest BCUT2D eigenvalue weighted by atomic mass is 16.2. The van der Waals surface area contributed by atoms with Crippen molar-refractivity contribution in [1.82, 2.24) is 10.2 Å². The van der Waals surface area contributed by atoms with Gasteiger partial charge in [0.15, 0.2) is 5.78 Å². The number of carbonyl (C=O) groups is 3. The molecule has 1 aliphatic rings. The lowest BCUT2D eigenvalue weighted by molar-refractivity contribution is -0.125. The minimum Gasteiger partial charge on any atom is -0.328 e. The molecule has 2 atom stereocenters. The molecule has 25 heavy (non-hydrogen) atoms. The van der Waals surface area contributed by atoms with Crippen molar-refractivity contribution in [2.75, 3.05) is 6.54 Å². The smallest absolute Gasteiger partial charge is 0.324 e. The molecule has 5 heteroatoms. The van der Waals surface area contributed by atoms with Crippen molar-refractivity contribution >= 4 is 18.2 Å². The van der Waals surface area contributed by atoms with Crippen LogP contribution >= 0.6 is 0 Å². The molecule has 5 nitrogen and oxygen atoms in total. The molecule has 0 aromatic carbocycles. The molecule has 0 aromatic rings. The number of Topliss-reactive ketones (excluding diaryl/α,β-unsaturated/α-hetero) is 1. The third-order valence-corrected chi connectivity index (χ3v) is 5.75. The molecule has 1 saturated carbocycles. The molecule has 0 aromatic heterocycles. The fourth-order valence-electron chi connectivity index (χ4n) is 3.92. The average Bonchev–Trinajstić information content (AvgIpc) is 3.13. The van der Waals surface area contributed by atoms with Crippen molar-refractivity contribution in [2.45, 2.75) is 79.2 Å². The Labute approximate surface area is 152 Å². The molecule has 3 amide bonds. The maximum Gasteiger partial charge on any atom is 0.324 e. The standard InChI is InChI=1S/C20H36N2O3/c1-6-16(7-2)18(19(24)14(3)4)21-20(25)22(13-23)12-15(5)17-10-8-9-11-17/h13-18H,6-12H2,1-5H3,(H,21,25)/t15?,18-/m0/s1. The first-order valence-corrected chi connectivity index (χ1v) is 9.91. The topological polar surface area (TPSA) is 66.5 Å². The maximum atomic E-state index is 12.6. The van der Waals surface area contributed by atoms with Gasteiger partial charge in [-0.25, -0.2) is 4.79 Å². The van der Waals surface area contributed by atoms with E-state index in [4.69, 9.17) is 0 Å². The van der Waals surface area contributed by atoms with Gasteiger partial charge in [0.25, 0.3) is 0 Å². The van der Waals surface area contributed by atoms with E-state index in [2.05, 4.69) is 12.2 Å². The number of rotatable bonds is 10. The number of imide groups is 1. The molecule has 1 fully saturated rings. The number of nitrogens with zero attached hydrogens (tertiary/aromatic N) is 1. The van der Waals surface area contributed by atoms with Gasteiger partial charge in [-0.1, -0.05) is 73.1 Å². The Balaban J connectivity index is 2.77. The van der Waals surface area contributed by atoms with Gasteiger partial charge in [-0.05, 0) is 17.8 Å². The highest BCUT2D eigenvalue weighted by Crippen LogP contribution is 2.31. The first-order valence-electron chi connectivity index (χ1n) is 9.91. The van der Waals surface area contributed by atoms with E-state index in [0.717, 1.165) is 12.8 Å². The fraction of sp³-hybridized carbons (Fsp3) is 0.850. The summed E-state index contributed by atoms with van der Waals surface area (Å²) in [5.74, 6) is 0.873. The van der Waals surface area contributed by atoms with Crippen LogP contribution in [-0.2, 0) is 9.59 Å². The summed E-state index contributed by atoms with van der Waals surface area (Å²) in [7, 11) is 0. The van der Waals surface area contributed by atoms with Gasteiger partial charge in [-0.15, -0.1) is 0 Å². The molecule has 144 valence electrons. The number of nitrogens with one attached hydrogen (secondary N) is 1. The highest BCUT2D eigenvalue weighted by molar-refractivity contribution is 5.92. The molecule has 0 spiro atoms. The summed E-state index contributed by atoms with van der Waals surface area (Å²) in [6, 6.07) is -0.961. The molecule has 0 radical (unpaired) electrons. The Morgan fingerprint density at radius 3 is 2.12 bits per heavy atom. The van der Waals surface area contributed by atoms with Crippen molar-refractivity contribution in [3.63, 3.8) is 0 Å². The molecule has 1 N–H and O–H groups in total. The predicted molar refractivity (Wildman–Crippen MR) is 100 cm³/mol. The molecule has 0 saturated heterocycles. The quantitative estimate of drug-likeness (QED) is 0.604. The number of amides is 3. The summed E-state index contributed by atoms with van der Waals surface area (Å²) in [5, 5.41) is 2.85. The van der Waals surface area contributed by atoms with Gasteiger partial charge < -0.3 is 5.32 Å². The van der Waals surface area contributed by atoms with Crippen molar-refractivity contribution in [1.29, 1.82) is 0 Å². The summed E-state index contributed by atoms with van der Waals surface area (Å²) in [4.78, 5) is 37.9. The van der Waals surface area contributed by atoms with Crippen molar-refractivity contribution in [2.24, 2.45) is 23.7 Å². The third-order valence-electron chi connectivity index (χ3n) is 5.75. The molecule has 0 heterocycles. The zero-order valence-electron chi connectivity index (χ0n) is 16.6. The van der Waals surface area contributed by atoms with E-state index in [9.17, 15) is 14.4 Å². The maximum absolute atomic E-state index is 12.6. The van der Waals surface area contributed by atoms with E-state index in [-0.39, 0.29) is 17.6 Å². The molecule has 1 unspecified atom stereocenters. The Morgan fingerprint density at radius 2 is 1.68 bits per heavy atom. The van der Waals surface area contributed by atoms with Crippen LogP contribution in [0, 0.1) is 23.7 Å². The minimum atomic E-state index is -0.522. The lowest BCUT2D eigenvalue weighted by Crippen LogP contribution is -2.52. The summed E-state index contributed by atoms with van der Waals surface area (Å²) >= 11 is 0. The van der Waals surface area contributed by atoms with Crippen molar-refractivity contribution in [3.8, 4) is 0 Å². The van der Waals surface area contributed by atoms with E-state index >= 15 is 0 Å². The van der Waals surface area contributed by atoms with Gasteiger partial charge in [0.1, 0.15) is 0 Å². The Bertz CT molecular complexity index is 440. The molecule has 0 bridgehead atoms. The van der Waals surface area contributed by atoms with Crippen LogP contribution in [0.2, 0.25) is 0 Å². The number of hydrogen-bond donors (Lipinski definition) is 1. The largest absolute Gasteiger partial charge is 0.328 e. The van der Waals surface area contributed by atoms with Gasteiger partial charge in [-0.3, -0.25) is 14.5 Å². The van der Waals surface area contributed by atoms with Gasteiger partial charge >= 0.3 is 6.03 Å². The Morgan fingerprint density at radius 1 is 1.12 bits per heavy atom. The van der Waals surface area contributed by atoms with Crippen LogP contribution in [0.3, 0.4) is 0 Å². The van der Waals surface area contributed by atoms with E-state index in [1.165, 1.54) is 30.6 Å². The average molecular weight is 353 g/mol. The molecular formula is C20H36N2O3. The summed E-state index contributed by atoms with van der Waals surface area (Å²) in [6.45, 7) is 10.3. The van der Waals surface area contributed by atoms with Crippen LogP contribution in [0.15, 0.2) is 0 Å². The van der Waals surface area contributed by atoms with Gasteiger partial charge in [-0.2, -0.15) is 0 Å². The summed E-state index contributed by atoms with van der Waals surface area (Å²) < 4.78 is 0. The van der Waals surface area contributed by atoms with Crippen LogP contribution in [-0.4, -0.2) is 35.7 Å². The second-order valence-electron chi connectivity index (χ2n) is 7.84. The minimum absolute atomic E-state index is 0.0386. The van der Waals surface area contributed by atoms with Gasteiger partial charge in [0.05, 0.1) is 6.04 Å². The second-order valence-corrected chi connectivity index (χ2v) is 7.84. The van der Waals surface area contributed by atoms with Crippen LogP contribution in [0.4, 0.5) is 4.79 Å². The number of ketones is 1. The second kappa shape index (κ2) is 10.6. The monoisotopic (exact) mass is 352 g/mol. The zero-order chi connectivity index (χ0) is 19.0. The molecular weight excluding hydrogens is 316 g/mol. The molecule has 1 rings (SSSR count). The Hall–Kier alpha value is -1.39. The van der Waals surface area contributed by atoms with Crippen LogP contribution in [0.25, 0.3) is 0 Å². The van der Waals surface area contributed by atoms with Crippen LogP contribution in [0.1, 0.15) is 73.1 Å². The predicted octanol–water partition coefficient (Wildman–Crippen LogP) is 4.01. The van der Waals surface area contributed by atoms with Crippen molar-refractivity contribution < 1.29 is 14.4 Å². The first kappa shape index (κ1) is 21.7. The molecule has 1 aliphatic carbocycles. The van der Waals surface area contributed by atoms with Crippen LogP contribution in [0.5, 0.6) is 0 Å². The summed E-state index contributed by atoms with van der Waals surface area (Å²) in [6.07, 6.45) is 7.07. The molecule has 0 aliphatic heterocycles. The number of urea groups is 1. The van der Waals surface area contributed by atoms with Crippen molar-refractivity contribution in [3.05, 3.63) is 0 Å². The highest BCUT2D eigenvalue weighted by Gasteiger charge is 2.31. The Kier molecular flexibility index (Phi) is 9.15. The summed E-state index contributed by atoms with van der Waals surface area (Å²) in [5.41, 5.74) is 0. The SMILES string of the molecule is CCC(CC)[C@H](NC(=O)N(C=O)CC(C)C1CCCC1)C(=O)C(C)C. The van der Waals surface area contributed by atoms with E-state index in [0.29, 0.717) is 24.8 Å². The number of carbonyl (C=O) groups excluding carboxylic acids is 3. The van der Waals surface area contributed by atoms with E-state index < -0.39 is 12.1 Å². The van der Waals surface area contributed by atoms with Gasteiger partial charge in [0, 0.05) is 12.5 Å². The fourth-order valence-corrected chi connectivity index (χ4v) is 3.92. The third kappa shape index (κ3) is 6.12. The first-order chi connectivity index (χ1) is 11.8. The number of hydrogen-bond acceptors (Lipinski definition) is 3.